The molecule has 8 nitrogen and oxygen atoms in total. The molecular weight excluding hydrogens is 388 g/mol. The van der Waals surface area contributed by atoms with Gasteiger partial charge in [-0.15, -0.1) is 0 Å². The second-order valence-electron chi connectivity index (χ2n) is 6.22. The van der Waals surface area contributed by atoms with E-state index < -0.39 is 0 Å². The van der Waals surface area contributed by atoms with Crippen LogP contribution in [0.1, 0.15) is 17.3 Å². The highest BCUT2D eigenvalue weighted by Gasteiger charge is 2.12. The Morgan fingerprint density at radius 2 is 1.79 bits per heavy atom. The fraction of sp³-hybridized carbons (Fsp3) is 0.100. The van der Waals surface area contributed by atoms with Gasteiger partial charge < -0.3 is 21.1 Å². The minimum Gasteiger partial charge on any atom is -0.497 e. The summed E-state index contributed by atoms with van der Waals surface area (Å²) in [6, 6.07) is 12.8. The lowest BCUT2D eigenvalue weighted by Crippen LogP contribution is -2.05. The third-order valence-electron chi connectivity index (χ3n) is 4.26. The molecule has 0 bridgehead atoms. The van der Waals surface area contributed by atoms with Gasteiger partial charge >= 0.3 is 0 Å². The van der Waals surface area contributed by atoms with Crippen molar-refractivity contribution >= 4 is 55.5 Å². The highest BCUT2D eigenvalue weighted by atomic mass is 32.1. The average molecular weight is 406 g/mol. The van der Waals surface area contributed by atoms with Crippen LogP contribution in [0.4, 0.5) is 28.1 Å². The normalized spacial score (nSPS) is 10.7. The molecule has 0 saturated carbocycles. The van der Waals surface area contributed by atoms with Crippen molar-refractivity contribution in [3.8, 4) is 5.75 Å². The second kappa shape index (κ2) is 7.72. The molecule has 4 aromatic rings. The molecule has 0 unspecified atom stereocenters. The predicted octanol–water partition coefficient (Wildman–Crippen LogP) is 4.37. The Morgan fingerprint density at radius 1 is 1.07 bits per heavy atom. The molecule has 2 aromatic carbocycles. The smallest absolute Gasteiger partial charge is 0.189 e. The number of thiazole rings is 1. The number of carbonyl (C=O) groups excluding carboxylic acids is 1. The third kappa shape index (κ3) is 3.94. The standard InChI is InChI=1S/C20H18N6O2S/c1-11(27)12-3-5-13(6-4-12)24-18-17(21)19(23-10-22-18)26-20-25-15-8-7-14(28-2)9-16(15)29-20/h3-10H,21H2,1-2H3,(H2,22,23,24,25,26). The fourth-order valence-electron chi connectivity index (χ4n) is 2.71. The van der Waals surface area contributed by atoms with Crippen LogP contribution < -0.4 is 21.1 Å². The summed E-state index contributed by atoms with van der Waals surface area (Å²) in [6.45, 7) is 1.53. The summed E-state index contributed by atoms with van der Waals surface area (Å²) in [5.74, 6) is 1.70. The molecule has 2 heterocycles. The van der Waals surface area contributed by atoms with Crippen molar-refractivity contribution in [3.63, 3.8) is 0 Å². The maximum Gasteiger partial charge on any atom is 0.189 e. The Labute approximate surface area is 170 Å². The van der Waals surface area contributed by atoms with Gasteiger partial charge in [0.1, 0.15) is 17.8 Å². The highest BCUT2D eigenvalue weighted by molar-refractivity contribution is 7.22. The van der Waals surface area contributed by atoms with E-state index >= 15 is 0 Å². The minimum absolute atomic E-state index is 0.0121. The molecule has 29 heavy (non-hydrogen) atoms. The number of rotatable bonds is 6. The van der Waals surface area contributed by atoms with E-state index in [0.29, 0.717) is 28.0 Å². The van der Waals surface area contributed by atoms with E-state index in [4.69, 9.17) is 10.5 Å². The Morgan fingerprint density at radius 3 is 2.48 bits per heavy atom. The van der Waals surface area contributed by atoms with Gasteiger partial charge in [0.25, 0.3) is 0 Å². The fourth-order valence-corrected chi connectivity index (χ4v) is 3.60. The van der Waals surface area contributed by atoms with Crippen LogP contribution in [0.2, 0.25) is 0 Å². The van der Waals surface area contributed by atoms with Gasteiger partial charge in [0, 0.05) is 11.3 Å². The van der Waals surface area contributed by atoms with Crippen molar-refractivity contribution in [2.75, 3.05) is 23.5 Å². The summed E-state index contributed by atoms with van der Waals surface area (Å²) < 4.78 is 6.24. The van der Waals surface area contributed by atoms with Gasteiger partial charge in [-0.1, -0.05) is 11.3 Å². The number of hydrogen-bond acceptors (Lipinski definition) is 9. The first-order valence-corrected chi connectivity index (χ1v) is 9.55. The number of hydrogen-bond donors (Lipinski definition) is 3. The van der Waals surface area contributed by atoms with Crippen LogP contribution in [-0.2, 0) is 0 Å². The number of ether oxygens (including phenoxy) is 1. The van der Waals surface area contributed by atoms with E-state index in [9.17, 15) is 4.79 Å². The highest BCUT2D eigenvalue weighted by Crippen LogP contribution is 2.33. The van der Waals surface area contributed by atoms with Crippen LogP contribution in [0.25, 0.3) is 10.2 Å². The quantitative estimate of drug-likeness (QED) is 0.404. The first-order chi connectivity index (χ1) is 14.0. The van der Waals surface area contributed by atoms with E-state index in [1.807, 2.05) is 18.2 Å². The van der Waals surface area contributed by atoms with Crippen LogP contribution in [0, 0.1) is 0 Å². The van der Waals surface area contributed by atoms with Crippen molar-refractivity contribution in [1.82, 2.24) is 15.0 Å². The lowest BCUT2D eigenvalue weighted by atomic mass is 10.1. The number of methoxy groups -OCH3 is 1. The maximum atomic E-state index is 11.4. The number of benzene rings is 2. The molecular formula is C20H18N6O2S. The molecule has 0 aliphatic heterocycles. The molecule has 4 N–H and O–H groups in total. The van der Waals surface area contributed by atoms with Crippen LogP contribution in [0.15, 0.2) is 48.8 Å². The summed E-state index contributed by atoms with van der Waals surface area (Å²) in [4.78, 5) is 24.4. The van der Waals surface area contributed by atoms with Crippen LogP contribution in [0.3, 0.4) is 0 Å². The van der Waals surface area contributed by atoms with Crippen LogP contribution in [0.5, 0.6) is 5.75 Å². The van der Waals surface area contributed by atoms with Gasteiger partial charge in [0.2, 0.25) is 0 Å². The molecule has 0 aliphatic carbocycles. The van der Waals surface area contributed by atoms with Gasteiger partial charge in [-0.2, -0.15) is 0 Å². The van der Waals surface area contributed by atoms with Gasteiger partial charge in [-0.3, -0.25) is 4.79 Å². The monoisotopic (exact) mass is 406 g/mol. The van der Waals surface area contributed by atoms with Crippen LogP contribution >= 0.6 is 11.3 Å². The van der Waals surface area contributed by atoms with E-state index in [-0.39, 0.29) is 5.78 Å². The predicted molar refractivity (Wildman–Crippen MR) is 116 cm³/mol. The SMILES string of the molecule is COc1ccc2nc(Nc3ncnc(Nc4ccc(C(C)=O)cc4)c3N)sc2c1. The van der Waals surface area contributed by atoms with E-state index in [1.165, 1.54) is 24.6 Å². The summed E-state index contributed by atoms with van der Waals surface area (Å²) >= 11 is 1.47. The lowest BCUT2D eigenvalue weighted by molar-refractivity contribution is 0.101. The van der Waals surface area contributed by atoms with Crippen molar-refractivity contribution in [3.05, 3.63) is 54.4 Å². The van der Waals surface area contributed by atoms with Gasteiger partial charge in [0.05, 0.1) is 17.3 Å². The Balaban J connectivity index is 1.57. The molecule has 0 amide bonds. The zero-order chi connectivity index (χ0) is 20.4. The molecule has 4 rings (SSSR count). The van der Waals surface area contributed by atoms with Gasteiger partial charge in [0.15, 0.2) is 22.6 Å². The zero-order valence-corrected chi connectivity index (χ0v) is 16.6. The Kier molecular flexibility index (Phi) is 4.96. The number of carbonyl (C=O) groups is 1. The lowest BCUT2D eigenvalue weighted by Gasteiger charge is -2.11. The topological polar surface area (TPSA) is 115 Å². The van der Waals surface area contributed by atoms with Crippen LogP contribution in [-0.4, -0.2) is 27.8 Å². The summed E-state index contributed by atoms with van der Waals surface area (Å²) in [6.07, 6.45) is 1.42. The number of ketones is 1. The van der Waals surface area contributed by atoms with Crippen molar-refractivity contribution in [2.45, 2.75) is 6.92 Å². The molecule has 146 valence electrons. The molecule has 0 radical (unpaired) electrons. The van der Waals surface area contributed by atoms with Crippen molar-refractivity contribution in [2.24, 2.45) is 0 Å². The maximum absolute atomic E-state index is 11.4. The number of nitrogen functional groups attached to an aromatic ring is 1. The summed E-state index contributed by atoms with van der Waals surface area (Å²) in [5, 5.41) is 6.96. The van der Waals surface area contributed by atoms with Gasteiger partial charge in [-0.05, 0) is 49.4 Å². The number of aromatic nitrogens is 3. The first kappa shape index (κ1) is 18.6. The molecule has 0 fully saturated rings. The first-order valence-electron chi connectivity index (χ1n) is 8.73. The summed E-state index contributed by atoms with van der Waals surface area (Å²) in [5.41, 5.74) is 8.87. The number of nitrogens with two attached hydrogens (primary N) is 1. The van der Waals surface area contributed by atoms with Gasteiger partial charge in [-0.25, -0.2) is 15.0 Å². The molecule has 0 aliphatic rings. The number of fused-ring (bicyclic) bond motifs is 1. The van der Waals surface area contributed by atoms with E-state index in [0.717, 1.165) is 21.7 Å². The Hall–Kier alpha value is -3.72. The van der Waals surface area contributed by atoms with E-state index in [1.54, 1.807) is 31.4 Å². The number of anilines is 5. The minimum atomic E-state index is 0.0121. The number of nitrogens with zero attached hydrogens (tertiary/aromatic N) is 3. The summed E-state index contributed by atoms with van der Waals surface area (Å²) in [7, 11) is 1.63. The molecule has 0 saturated heterocycles. The molecule has 2 aromatic heterocycles. The molecule has 9 heteroatoms. The molecule has 0 atom stereocenters. The van der Waals surface area contributed by atoms with E-state index in [2.05, 4.69) is 25.6 Å². The average Bonchev–Trinajstić information content (AvgIpc) is 3.12. The zero-order valence-electron chi connectivity index (χ0n) is 15.8. The van der Waals surface area contributed by atoms with Crippen molar-refractivity contribution in [1.29, 1.82) is 0 Å². The number of Topliss-reactive ketones (excluding diaryl/α,β-unsaturated/α-hetero) is 1. The molecule has 0 spiro atoms. The number of nitrogens with one attached hydrogen (secondary N) is 2. The van der Waals surface area contributed by atoms with Crippen molar-refractivity contribution < 1.29 is 9.53 Å². The Bertz CT molecular complexity index is 1190. The third-order valence-corrected chi connectivity index (χ3v) is 5.19. The second-order valence-corrected chi connectivity index (χ2v) is 7.25. The largest absolute Gasteiger partial charge is 0.497 e.